The molecular weight excluding hydrogens is 135 g/mol. The van der Waals surface area contributed by atoms with Crippen molar-refractivity contribution in [3.63, 3.8) is 0 Å². The first kappa shape index (κ1) is 8.16. The van der Waals surface area contributed by atoms with Crippen LogP contribution in [-0.4, -0.2) is 26.0 Å². The molecule has 1 aromatic heterocycles. The molecule has 38 valence electrons. The first-order valence-corrected chi connectivity index (χ1v) is 2.09. The van der Waals surface area contributed by atoms with Crippen LogP contribution in [0.2, 0.25) is 0 Å². The van der Waals surface area contributed by atoms with Gasteiger partial charge in [-0.3, -0.25) is 0 Å². The average Bonchev–Trinajstić information content (AvgIpc) is 2.14. The normalized spacial score (nSPS) is 7.50. The van der Waals surface area contributed by atoms with Crippen molar-refractivity contribution in [1.82, 2.24) is 20.6 Å². The van der Waals surface area contributed by atoms with E-state index < -0.39 is 0 Å². The van der Waals surface area contributed by atoms with Crippen LogP contribution >= 0.6 is 12.2 Å². The van der Waals surface area contributed by atoms with Gasteiger partial charge in [0, 0.05) is 5.37 Å². The second-order valence-corrected chi connectivity index (χ2v) is 1.12. The number of rotatable bonds is 1. The van der Waals surface area contributed by atoms with Crippen LogP contribution in [0.15, 0.2) is 0 Å². The van der Waals surface area contributed by atoms with Gasteiger partial charge in [-0.15, -0.1) is 10.2 Å². The number of hydrogen-bond donors (Lipinski definition) is 1. The third-order valence-electron chi connectivity index (χ3n) is 0.467. The van der Waals surface area contributed by atoms with E-state index in [-0.39, 0.29) is 31.0 Å². The Bertz CT molecular complexity index is 154. The van der Waals surface area contributed by atoms with Crippen molar-refractivity contribution < 1.29 is 31.0 Å². The summed E-state index contributed by atoms with van der Waals surface area (Å²) in [6.07, 6.45) is 0. The van der Waals surface area contributed by atoms with Crippen molar-refractivity contribution in [3.8, 4) is 0 Å². The van der Waals surface area contributed by atoms with Crippen molar-refractivity contribution >= 4 is 17.6 Å². The van der Waals surface area contributed by atoms with E-state index in [9.17, 15) is 0 Å². The Morgan fingerprint density at radius 3 is 2.75 bits per heavy atom. The van der Waals surface area contributed by atoms with Crippen molar-refractivity contribution in [3.05, 3.63) is 5.82 Å². The summed E-state index contributed by atoms with van der Waals surface area (Å²) < 4.78 is 0. The van der Waals surface area contributed by atoms with Gasteiger partial charge < -0.3 is 1.43 Å². The number of H-pyrrole nitrogens is 1. The van der Waals surface area contributed by atoms with Gasteiger partial charge in [-0.25, -0.2) is 0 Å². The van der Waals surface area contributed by atoms with Crippen molar-refractivity contribution in [2.24, 2.45) is 0 Å². The number of hydrogen-bond acceptors (Lipinski definition) is 4. The predicted molar refractivity (Wildman–Crippen MR) is 28.0 cm³/mol. The molecule has 0 fully saturated rings. The molecule has 4 nitrogen and oxygen atoms in total. The second kappa shape index (κ2) is 4.08. The Hall–Kier alpha value is 0.160. The number of nitrogens with zero attached hydrogens (tertiary/aromatic N) is 3. The number of aromatic nitrogens is 4. The molecule has 0 aliphatic rings. The van der Waals surface area contributed by atoms with Crippen molar-refractivity contribution in [2.75, 3.05) is 0 Å². The van der Waals surface area contributed by atoms with Gasteiger partial charge in [-0.1, -0.05) is 12.2 Å². The molecule has 6 heteroatoms. The van der Waals surface area contributed by atoms with Crippen LogP contribution in [0.4, 0.5) is 0 Å². The van der Waals surface area contributed by atoms with Crippen LogP contribution in [0.5, 0.6) is 0 Å². The molecule has 0 aliphatic heterocycles. The van der Waals surface area contributed by atoms with Crippen molar-refractivity contribution in [2.45, 2.75) is 0 Å². The number of thiocarbonyl (C=S) groups is 1. The molecule has 0 aliphatic carbocycles. The van der Waals surface area contributed by atoms with Crippen LogP contribution in [-0.2, 0) is 0 Å². The summed E-state index contributed by atoms with van der Waals surface area (Å²) in [5, 5.41) is 13.9. The summed E-state index contributed by atoms with van der Waals surface area (Å²) in [4.78, 5) is 0. The van der Waals surface area contributed by atoms with E-state index in [1.165, 1.54) is 5.37 Å². The molecular formula is C2H3N4NaS. The summed E-state index contributed by atoms with van der Waals surface area (Å²) in [5.74, 6) is 0.454. The molecule has 0 saturated carbocycles. The minimum absolute atomic E-state index is 0. The van der Waals surface area contributed by atoms with Crippen molar-refractivity contribution in [1.29, 1.82) is 0 Å². The molecule has 0 spiro atoms. The monoisotopic (exact) mass is 138 g/mol. The summed E-state index contributed by atoms with van der Waals surface area (Å²) >= 11 is 4.46. The van der Waals surface area contributed by atoms with E-state index in [0.717, 1.165) is 0 Å². The number of tetrazole rings is 1. The molecule has 0 atom stereocenters. The van der Waals surface area contributed by atoms with Crippen LogP contribution in [0.25, 0.3) is 0 Å². The Morgan fingerprint density at radius 1 is 1.75 bits per heavy atom. The molecule has 0 radical (unpaired) electrons. The van der Waals surface area contributed by atoms with Gasteiger partial charge in [-0.2, -0.15) is 5.21 Å². The molecule has 1 heterocycles. The zero-order valence-corrected chi connectivity index (χ0v) is 7.14. The van der Waals surface area contributed by atoms with Crippen LogP contribution < -0.4 is 29.6 Å². The van der Waals surface area contributed by atoms with E-state index in [0.29, 0.717) is 5.82 Å². The summed E-state index contributed by atoms with van der Waals surface area (Å²) in [5.41, 5.74) is 0. The van der Waals surface area contributed by atoms with Crippen LogP contribution in [0.1, 0.15) is 7.25 Å². The Morgan fingerprint density at radius 2 is 2.50 bits per heavy atom. The van der Waals surface area contributed by atoms with Gasteiger partial charge in [-0.05, 0) is 5.21 Å². The molecule has 0 unspecified atom stereocenters. The topological polar surface area (TPSA) is 54.5 Å². The fraction of sp³-hybridized carbons (Fsp3) is 0. The second-order valence-electron chi connectivity index (χ2n) is 0.888. The Kier molecular flexibility index (Phi) is 4.16. The molecule has 1 rings (SSSR count). The van der Waals surface area contributed by atoms with Gasteiger partial charge in [0.1, 0.15) is 0 Å². The summed E-state index contributed by atoms with van der Waals surface area (Å²) in [6, 6.07) is 0. The maximum Gasteiger partial charge on any atom is 1.00 e. The quantitative estimate of drug-likeness (QED) is 0.325. The Balaban J connectivity index is 0. The fourth-order valence-electron chi connectivity index (χ4n) is 0.219. The number of nitrogens with one attached hydrogen (secondary N) is 1. The zero-order chi connectivity index (χ0) is 5.11. The van der Waals surface area contributed by atoms with E-state index in [2.05, 4.69) is 32.8 Å². The molecule has 0 amide bonds. The Labute approximate surface area is 74.8 Å². The summed E-state index contributed by atoms with van der Waals surface area (Å²) in [7, 11) is 0. The van der Waals surface area contributed by atoms with Gasteiger partial charge in [0.15, 0.2) is 0 Å². The van der Waals surface area contributed by atoms with Crippen LogP contribution in [0, 0.1) is 0 Å². The third kappa shape index (κ3) is 1.95. The maximum atomic E-state index is 4.46. The van der Waals surface area contributed by atoms with Crippen LogP contribution in [0.3, 0.4) is 0 Å². The molecule has 1 aromatic rings. The average molecular weight is 138 g/mol. The van der Waals surface area contributed by atoms with E-state index in [1.54, 1.807) is 0 Å². The largest absolute Gasteiger partial charge is 1.00 e. The van der Waals surface area contributed by atoms with Gasteiger partial charge in [0.25, 0.3) is 0 Å². The molecule has 8 heavy (non-hydrogen) atoms. The number of aromatic amines is 1. The standard InChI is InChI=1S/C2H2N4S.Na.H/c7-1-2-3-5-6-4-2;;/h1H,(H,3,4,5,6);;/q;+1;-1. The minimum Gasteiger partial charge on any atom is -1.00 e. The zero-order valence-electron chi connectivity index (χ0n) is 5.33. The maximum absolute atomic E-state index is 4.46. The third-order valence-corrected chi connectivity index (χ3v) is 0.678. The molecule has 0 aromatic carbocycles. The smallest absolute Gasteiger partial charge is 1.00 e. The fourth-order valence-corrected chi connectivity index (χ4v) is 0.319. The van der Waals surface area contributed by atoms with E-state index in [1.807, 2.05) is 0 Å². The SMILES string of the molecule is S=Cc1nn[nH]n1.[H-].[Na+]. The van der Waals surface area contributed by atoms with Gasteiger partial charge >= 0.3 is 29.6 Å². The van der Waals surface area contributed by atoms with Gasteiger partial charge in [0.05, 0.1) is 0 Å². The molecule has 0 bridgehead atoms. The molecule has 1 N–H and O–H groups in total. The predicted octanol–water partition coefficient (Wildman–Crippen LogP) is -3.34. The first-order valence-electron chi connectivity index (χ1n) is 1.62. The van der Waals surface area contributed by atoms with E-state index >= 15 is 0 Å². The summed E-state index contributed by atoms with van der Waals surface area (Å²) in [6.45, 7) is 0. The minimum atomic E-state index is 0. The molecule has 0 saturated heterocycles. The first-order chi connectivity index (χ1) is 3.43. The van der Waals surface area contributed by atoms with E-state index in [4.69, 9.17) is 0 Å². The van der Waals surface area contributed by atoms with Gasteiger partial charge in [0.2, 0.25) is 5.82 Å².